The molecule has 0 amide bonds. The van der Waals surface area contributed by atoms with E-state index in [4.69, 9.17) is 12.2 Å². The van der Waals surface area contributed by atoms with Gasteiger partial charge in [-0.1, -0.05) is 37.3 Å². The van der Waals surface area contributed by atoms with Gasteiger partial charge in [0, 0.05) is 5.70 Å². The standard InChI is InChI=1S/C16H20N2S/c1-4-12-5-7-13(8-6-12)9-10-14-11-16(2,3)18-15(19)17-14/h5-11H,4H2,1-3H3,(H2,17,18,19)/b10-9+. The number of hydrogen-bond acceptors (Lipinski definition) is 1. The third kappa shape index (κ3) is 3.93. The molecule has 1 aliphatic heterocycles. The summed E-state index contributed by atoms with van der Waals surface area (Å²) in [5, 5.41) is 7.04. The Bertz CT molecular complexity index is 524. The first-order valence-corrected chi connectivity index (χ1v) is 6.98. The molecule has 3 heteroatoms. The van der Waals surface area contributed by atoms with E-state index >= 15 is 0 Å². The normalized spacial score (nSPS) is 17.8. The van der Waals surface area contributed by atoms with Crippen LogP contribution in [0.1, 0.15) is 31.9 Å². The molecule has 19 heavy (non-hydrogen) atoms. The van der Waals surface area contributed by atoms with Gasteiger partial charge in [0.1, 0.15) is 0 Å². The lowest BCUT2D eigenvalue weighted by Gasteiger charge is -2.30. The van der Waals surface area contributed by atoms with Crippen molar-refractivity contribution in [3.63, 3.8) is 0 Å². The molecule has 1 aromatic rings. The number of allylic oxidation sites excluding steroid dienone is 1. The Hall–Kier alpha value is -1.61. The van der Waals surface area contributed by atoms with Gasteiger partial charge < -0.3 is 10.6 Å². The van der Waals surface area contributed by atoms with E-state index in [0.717, 1.165) is 12.1 Å². The Morgan fingerprint density at radius 3 is 2.42 bits per heavy atom. The van der Waals surface area contributed by atoms with Crippen molar-refractivity contribution in [1.29, 1.82) is 0 Å². The molecule has 0 saturated carbocycles. The Morgan fingerprint density at radius 1 is 1.16 bits per heavy atom. The van der Waals surface area contributed by atoms with Gasteiger partial charge in [-0.2, -0.15) is 0 Å². The first kappa shape index (κ1) is 13.8. The molecule has 0 spiro atoms. The summed E-state index contributed by atoms with van der Waals surface area (Å²) in [7, 11) is 0. The fraction of sp³-hybridized carbons (Fsp3) is 0.312. The second-order valence-corrected chi connectivity index (χ2v) is 5.74. The number of hydrogen-bond donors (Lipinski definition) is 2. The van der Waals surface area contributed by atoms with Gasteiger partial charge in [0.2, 0.25) is 0 Å². The van der Waals surface area contributed by atoms with Gasteiger partial charge in [0.05, 0.1) is 5.54 Å². The van der Waals surface area contributed by atoms with Crippen LogP contribution < -0.4 is 10.6 Å². The van der Waals surface area contributed by atoms with E-state index in [2.05, 4.69) is 73.9 Å². The molecule has 2 nitrogen and oxygen atoms in total. The van der Waals surface area contributed by atoms with Crippen molar-refractivity contribution < 1.29 is 0 Å². The Kier molecular flexibility index (Phi) is 4.05. The minimum Gasteiger partial charge on any atom is -0.354 e. The first-order valence-electron chi connectivity index (χ1n) is 6.57. The van der Waals surface area contributed by atoms with E-state index in [0.29, 0.717) is 5.11 Å². The van der Waals surface area contributed by atoms with Gasteiger partial charge in [-0.05, 0) is 55.8 Å². The molecule has 1 heterocycles. The number of thiocarbonyl (C=S) groups is 1. The highest BCUT2D eigenvalue weighted by molar-refractivity contribution is 7.80. The predicted molar refractivity (Wildman–Crippen MR) is 85.9 cm³/mol. The van der Waals surface area contributed by atoms with E-state index in [9.17, 15) is 0 Å². The van der Waals surface area contributed by atoms with Crippen LogP contribution in [0, 0.1) is 0 Å². The molecule has 0 saturated heterocycles. The van der Waals surface area contributed by atoms with Crippen molar-refractivity contribution in [3.8, 4) is 0 Å². The summed E-state index contributed by atoms with van der Waals surface area (Å²) < 4.78 is 0. The maximum Gasteiger partial charge on any atom is 0.171 e. The Morgan fingerprint density at radius 2 is 1.84 bits per heavy atom. The second-order valence-electron chi connectivity index (χ2n) is 5.33. The molecule has 0 radical (unpaired) electrons. The molecule has 0 unspecified atom stereocenters. The molecule has 0 aliphatic carbocycles. The van der Waals surface area contributed by atoms with Crippen molar-refractivity contribution in [3.05, 3.63) is 53.2 Å². The van der Waals surface area contributed by atoms with Crippen LogP contribution in [0.4, 0.5) is 0 Å². The minimum absolute atomic E-state index is 0.103. The van der Waals surface area contributed by atoms with Crippen LogP contribution in [0.5, 0.6) is 0 Å². The SMILES string of the molecule is CCc1ccc(/C=C/C2=CC(C)(C)NC(=S)N2)cc1. The van der Waals surface area contributed by atoms with Gasteiger partial charge in [-0.15, -0.1) is 0 Å². The summed E-state index contributed by atoms with van der Waals surface area (Å²) in [5.74, 6) is 0. The van der Waals surface area contributed by atoms with Crippen LogP contribution in [0.25, 0.3) is 6.08 Å². The second kappa shape index (κ2) is 5.57. The molecule has 2 rings (SSSR count). The van der Waals surface area contributed by atoms with E-state index in [1.54, 1.807) is 0 Å². The number of aryl methyl sites for hydroxylation is 1. The molecular weight excluding hydrogens is 252 g/mol. The van der Waals surface area contributed by atoms with Crippen LogP contribution in [0.2, 0.25) is 0 Å². The van der Waals surface area contributed by atoms with Crippen LogP contribution in [-0.2, 0) is 6.42 Å². The zero-order valence-electron chi connectivity index (χ0n) is 11.7. The van der Waals surface area contributed by atoms with E-state index in [1.165, 1.54) is 11.1 Å². The largest absolute Gasteiger partial charge is 0.354 e. The van der Waals surface area contributed by atoms with Crippen molar-refractivity contribution in [1.82, 2.24) is 10.6 Å². The Balaban J connectivity index is 2.13. The third-order valence-corrected chi connectivity index (χ3v) is 3.26. The average molecular weight is 272 g/mol. The number of nitrogens with one attached hydrogen (secondary N) is 2. The zero-order chi connectivity index (χ0) is 13.9. The molecule has 0 aromatic heterocycles. The predicted octanol–water partition coefficient (Wildman–Crippen LogP) is 3.40. The number of rotatable bonds is 3. The van der Waals surface area contributed by atoms with E-state index in [1.807, 2.05) is 0 Å². The van der Waals surface area contributed by atoms with Crippen molar-refractivity contribution in [2.24, 2.45) is 0 Å². The fourth-order valence-corrected chi connectivity index (χ4v) is 2.44. The van der Waals surface area contributed by atoms with Gasteiger partial charge in [0.25, 0.3) is 0 Å². The smallest absolute Gasteiger partial charge is 0.171 e. The lowest BCUT2D eigenvalue weighted by atomic mass is 10.0. The van der Waals surface area contributed by atoms with Gasteiger partial charge in [-0.3, -0.25) is 0 Å². The van der Waals surface area contributed by atoms with Crippen LogP contribution in [-0.4, -0.2) is 10.7 Å². The summed E-state index contributed by atoms with van der Waals surface area (Å²) in [4.78, 5) is 0. The molecule has 1 aromatic carbocycles. The van der Waals surface area contributed by atoms with Gasteiger partial charge in [0.15, 0.2) is 5.11 Å². The summed E-state index contributed by atoms with van der Waals surface area (Å²) in [5.41, 5.74) is 3.49. The lowest BCUT2D eigenvalue weighted by molar-refractivity contribution is 0.555. The lowest BCUT2D eigenvalue weighted by Crippen LogP contribution is -2.51. The molecule has 2 N–H and O–H groups in total. The highest BCUT2D eigenvalue weighted by atomic mass is 32.1. The molecule has 1 aliphatic rings. The molecule has 0 fully saturated rings. The van der Waals surface area contributed by atoms with E-state index in [-0.39, 0.29) is 5.54 Å². The molecular formula is C16H20N2S. The molecule has 0 atom stereocenters. The summed E-state index contributed by atoms with van der Waals surface area (Å²) in [6.45, 7) is 6.37. The minimum atomic E-state index is -0.103. The monoisotopic (exact) mass is 272 g/mol. The maximum atomic E-state index is 5.20. The topological polar surface area (TPSA) is 24.1 Å². The van der Waals surface area contributed by atoms with Crippen molar-refractivity contribution in [2.45, 2.75) is 32.7 Å². The molecule has 100 valence electrons. The van der Waals surface area contributed by atoms with Gasteiger partial charge in [-0.25, -0.2) is 0 Å². The summed E-state index contributed by atoms with van der Waals surface area (Å²) in [6.07, 6.45) is 7.38. The highest BCUT2D eigenvalue weighted by Gasteiger charge is 2.20. The maximum absolute atomic E-state index is 5.20. The van der Waals surface area contributed by atoms with Crippen LogP contribution >= 0.6 is 12.2 Å². The summed E-state index contributed by atoms with van der Waals surface area (Å²) in [6, 6.07) is 8.61. The highest BCUT2D eigenvalue weighted by Crippen LogP contribution is 2.14. The van der Waals surface area contributed by atoms with Crippen molar-refractivity contribution >= 4 is 23.4 Å². The molecule has 0 bridgehead atoms. The number of benzene rings is 1. The van der Waals surface area contributed by atoms with Gasteiger partial charge >= 0.3 is 0 Å². The zero-order valence-corrected chi connectivity index (χ0v) is 12.5. The van der Waals surface area contributed by atoms with E-state index < -0.39 is 0 Å². The van der Waals surface area contributed by atoms with Crippen LogP contribution in [0.15, 0.2) is 42.1 Å². The fourth-order valence-electron chi connectivity index (χ4n) is 2.06. The van der Waals surface area contributed by atoms with Crippen molar-refractivity contribution in [2.75, 3.05) is 0 Å². The first-order chi connectivity index (χ1) is 8.98. The summed E-state index contributed by atoms with van der Waals surface area (Å²) >= 11 is 5.20. The van der Waals surface area contributed by atoms with Crippen LogP contribution in [0.3, 0.4) is 0 Å². The third-order valence-electron chi connectivity index (χ3n) is 3.05. The Labute approximate surface area is 120 Å². The average Bonchev–Trinajstić information content (AvgIpc) is 2.34. The quantitative estimate of drug-likeness (QED) is 0.825.